The molecule has 0 radical (unpaired) electrons. The van der Waals surface area contributed by atoms with Crippen LogP contribution in [0.5, 0.6) is 0 Å². The summed E-state index contributed by atoms with van der Waals surface area (Å²) >= 11 is 0. The Kier molecular flexibility index (Phi) is 5.38. The smallest absolute Gasteiger partial charge is 0.324 e. The summed E-state index contributed by atoms with van der Waals surface area (Å²) in [5, 5.41) is 4.20. The van der Waals surface area contributed by atoms with Gasteiger partial charge in [0, 0.05) is 39.0 Å². The van der Waals surface area contributed by atoms with E-state index in [1.165, 1.54) is 6.33 Å². The van der Waals surface area contributed by atoms with Crippen LogP contribution in [0.4, 0.5) is 20.5 Å². The second kappa shape index (κ2) is 8.11. The van der Waals surface area contributed by atoms with Gasteiger partial charge in [0.15, 0.2) is 5.82 Å². The standard InChI is InChI=1S/C18H20F2N6O3/c1-28-10-16-22-18(29-23-16)25-6-4-24(5-7-25)12-2-3-13-14(8-12)21-11-26(17(13)27)9-15(19)20/h2-3,8,11,15H,4-7,9-10H2,1H3. The quantitative estimate of drug-likeness (QED) is 0.609. The molecule has 0 atom stereocenters. The zero-order valence-electron chi connectivity index (χ0n) is 15.8. The van der Waals surface area contributed by atoms with Gasteiger partial charge in [-0.2, -0.15) is 4.98 Å². The van der Waals surface area contributed by atoms with Gasteiger partial charge in [-0.15, -0.1) is 0 Å². The fourth-order valence-electron chi connectivity index (χ4n) is 3.34. The molecule has 0 aliphatic carbocycles. The minimum Gasteiger partial charge on any atom is -0.377 e. The first-order valence-electron chi connectivity index (χ1n) is 9.14. The van der Waals surface area contributed by atoms with Gasteiger partial charge in [-0.25, -0.2) is 13.8 Å². The maximum Gasteiger partial charge on any atom is 0.324 e. The number of hydrogen-bond donors (Lipinski definition) is 0. The number of aromatic nitrogens is 4. The van der Waals surface area contributed by atoms with Crippen LogP contribution in [-0.4, -0.2) is 59.4 Å². The highest BCUT2D eigenvalue weighted by Gasteiger charge is 2.22. The molecular weight excluding hydrogens is 386 g/mol. The van der Waals surface area contributed by atoms with Crippen molar-refractivity contribution in [3.8, 4) is 0 Å². The highest BCUT2D eigenvalue weighted by atomic mass is 19.3. The summed E-state index contributed by atoms with van der Waals surface area (Å²) in [5.41, 5.74) is 0.942. The Morgan fingerprint density at radius 2 is 1.97 bits per heavy atom. The molecule has 1 aliphatic heterocycles. The number of benzene rings is 1. The number of methoxy groups -OCH3 is 1. The third-order valence-electron chi connectivity index (χ3n) is 4.79. The molecule has 1 aliphatic rings. The van der Waals surface area contributed by atoms with Crippen molar-refractivity contribution < 1.29 is 18.0 Å². The van der Waals surface area contributed by atoms with E-state index in [0.717, 1.165) is 23.3 Å². The van der Waals surface area contributed by atoms with Crippen LogP contribution in [0, 0.1) is 0 Å². The van der Waals surface area contributed by atoms with Crippen LogP contribution in [0.1, 0.15) is 5.82 Å². The van der Waals surface area contributed by atoms with Crippen molar-refractivity contribution in [3.05, 3.63) is 40.7 Å². The fraction of sp³-hybridized carbons (Fsp3) is 0.444. The van der Waals surface area contributed by atoms with Crippen LogP contribution in [0.3, 0.4) is 0 Å². The second-order valence-corrected chi connectivity index (χ2v) is 6.69. The first-order chi connectivity index (χ1) is 14.0. The van der Waals surface area contributed by atoms with E-state index in [4.69, 9.17) is 9.26 Å². The monoisotopic (exact) mass is 406 g/mol. The van der Waals surface area contributed by atoms with Gasteiger partial charge in [0.2, 0.25) is 0 Å². The average Bonchev–Trinajstić information content (AvgIpc) is 3.19. The molecule has 0 bridgehead atoms. The zero-order valence-corrected chi connectivity index (χ0v) is 15.8. The van der Waals surface area contributed by atoms with E-state index in [9.17, 15) is 13.6 Å². The Morgan fingerprint density at radius 3 is 2.69 bits per heavy atom. The molecule has 3 heterocycles. The van der Waals surface area contributed by atoms with Crippen LogP contribution in [0.15, 0.2) is 33.8 Å². The molecule has 2 aromatic heterocycles. The van der Waals surface area contributed by atoms with Gasteiger partial charge in [-0.1, -0.05) is 5.16 Å². The van der Waals surface area contributed by atoms with E-state index in [2.05, 4.69) is 20.0 Å². The summed E-state index contributed by atoms with van der Waals surface area (Å²) in [6.07, 6.45) is -1.43. The van der Waals surface area contributed by atoms with Gasteiger partial charge in [-0.05, 0) is 18.2 Å². The van der Waals surface area contributed by atoms with E-state index in [1.807, 2.05) is 17.0 Å². The molecule has 11 heteroatoms. The van der Waals surface area contributed by atoms with Crippen molar-refractivity contribution in [1.82, 2.24) is 19.7 Å². The summed E-state index contributed by atoms with van der Waals surface area (Å²) in [5.74, 6) is 0.503. The third kappa shape index (κ3) is 4.04. The number of ether oxygens (including phenoxy) is 1. The molecule has 3 aromatic rings. The molecule has 1 fully saturated rings. The lowest BCUT2D eigenvalue weighted by atomic mass is 10.2. The number of anilines is 2. The van der Waals surface area contributed by atoms with E-state index >= 15 is 0 Å². The number of hydrogen-bond acceptors (Lipinski definition) is 8. The van der Waals surface area contributed by atoms with Gasteiger partial charge in [-0.3, -0.25) is 9.36 Å². The summed E-state index contributed by atoms with van der Waals surface area (Å²) in [6.45, 7) is 2.46. The van der Waals surface area contributed by atoms with Crippen LogP contribution in [-0.2, 0) is 17.9 Å². The molecule has 0 unspecified atom stereocenters. The van der Waals surface area contributed by atoms with E-state index in [1.54, 1.807) is 13.2 Å². The van der Waals surface area contributed by atoms with E-state index < -0.39 is 18.5 Å². The number of rotatable bonds is 6. The van der Waals surface area contributed by atoms with Crippen molar-refractivity contribution in [2.45, 2.75) is 19.6 Å². The van der Waals surface area contributed by atoms with Crippen molar-refractivity contribution in [2.75, 3.05) is 43.1 Å². The Labute approximate surface area is 164 Å². The molecule has 1 saturated heterocycles. The predicted molar refractivity (Wildman–Crippen MR) is 101 cm³/mol. The molecule has 1 aromatic carbocycles. The maximum atomic E-state index is 12.6. The number of halogens is 2. The lowest BCUT2D eigenvalue weighted by Crippen LogP contribution is -2.46. The number of alkyl halides is 2. The first kappa shape index (κ1) is 19.2. The molecular formula is C18H20F2N6O3. The van der Waals surface area contributed by atoms with Gasteiger partial charge in [0.25, 0.3) is 12.0 Å². The number of nitrogens with zero attached hydrogens (tertiary/aromatic N) is 6. The van der Waals surface area contributed by atoms with Crippen LogP contribution < -0.4 is 15.4 Å². The predicted octanol–water partition coefficient (Wildman–Crippen LogP) is 1.52. The average molecular weight is 406 g/mol. The molecule has 154 valence electrons. The Balaban J connectivity index is 1.47. The van der Waals surface area contributed by atoms with E-state index in [0.29, 0.717) is 42.4 Å². The molecule has 29 heavy (non-hydrogen) atoms. The molecule has 0 amide bonds. The first-order valence-corrected chi connectivity index (χ1v) is 9.14. The van der Waals surface area contributed by atoms with Gasteiger partial charge < -0.3 is 19.1 Å². The lowest BCUT2D eigenvalue weighted by Gasteiger charge is -2.35. The summed E-state index contributed by atoms with van der Waals surface area (Å²) in [6, 6.07) is 5.74. The van der Waals surface area contributed by atoms with Crippen molar-refractivity contribution in [1.29, 1.82) is 0 Å². The summed E-state index contributed by atoms with van der Waals surface area (Å²) < 4.78 is 36.4. The van der Waals surface area contributed by atoms with Crippen LogP contribution in [0.25, 0.3) is 10.9 Å². The second-order valence-electron chi connectivity index (χ2n) is 6.69. The largest absolute Gasteiger partial charge is 0.377 e. The number of fused-ring (bicyclic) bond motifs is 1. The van der Waals surface area contributed by atoms with Crippen molar-refractivity contribution in [2.24, 2.45) is 0 Å². The highest BCUT2D eigenvalue weighted by molar-refractivity contribution is 5.81. The van der Waals surface area contributed by atoms with Gasteiger partial charge in [0.05, 0.1) is 23.8 Å². The van der Waals surface area contributed by atoms with Crippen LogP contribution >= 0.6 is 0 Å². The summed E-state index contributed by atoms with van der Waals surface area (Å²) in [4.78, 5) is 25.0. The van der Waals surface area contributed by atoms with E-state index in [-0.39, 0.29) is 0 Å². The number of piperazine rings is 1. The Hall–Kier alpha value is -3.08. The zero-order chi connectivity index (χ0) is 20.4. The highest BCUT2D eigenvalue weighted by Crippen LogP contribution is 2.22. The molecule has 0 N–H and O–H groups in total. The SMILES string of the molecule is COCc1noc(N2CCN(c3ccc4c(=O)n(CC(F)F)cnc4c3)CC2)n1. The topological polar surface area (TPSA) is 89.5 Å². The van der Waals surface area contributed by atoms with Crippen LogP contribution in [0.2, 0.25) is 0 Å². The molecule has 9 nitrogen and oxygen atoms in total. The third-order valence-corrected chi connectivity index (χ3v) is 4.79. The Morgan fingerprint density at radius 1 is 1.21 bits per heavy atom. The minimum atomic E-state index is -2.60. The van der Waals surface area contributed by atoms with Gasteiger partial charge >= 0.3 is 6.01 Å². The van der Waals surface area contributed by atoms with Crippen molar-refractivity contribution >= 4 is 22.6 Å². The lowest BCUT2D eigenvalue weighted by molar-refractivity contribution is 0.125. The normalized spacial score (nSPS) is 14.9. The summed E-state index contributed by atoms with van der Waals surface area (Å²) in [7, 11) is 1.57. The maximum absolute atomic E-state index is 12.6. The molecule has 4 rings (SSSR count). The van der Waals surface area contributed by atoms with Crippen molar-refractivity contribution in [3.63, 3.8) is 0 Å². The molecule has 0 spiro atoms. The Bertz CT molecular complexity index is 1050. The van der Waals surface area contributed by atoms with Gasteiger partial charge in [0.1, 0.15) is 6.61 Å². The minimum absolute atomic E-state index is 0.298. The molecule has 0 saturated carbocycles. The fourth-order valence-corrected chi connectivity index (χ4v) is 3.34.